The van der Waals surface area contributed by atoms with Crippen LogP contribution in [0.15, 0.2) is 24.3 Å². The van der Waals surface area contributed by atoms with E-state index in [9.17, 15) is 14.3 Å². The molecule has 1 aliphatic rings. The molecule has 22 heavy (non-hydrogen) atoms. The number of rotatable bonds is 6. The lowest BCUT2D eigenvalue weighted by molar-refractivity contribution is -0.135. The van der Waals surface area contributed by atoms with Crippen molar-refractivity contribution in [3.8, 4) is 5.75 Å². The lowest BCUT2D eigenvalue weighted by atomic mass is 10.1. The van der Waals surface area contributed by atoms with Gasteiger partial charge in [0.15, 0.2) is 6.61 Å². The van der Waals surface area contributed by atoms with Crippen LogP contribution in [0.25, 0.3) is 0 Å². The molecule has 0 aliphatic carbocycles. The number of hydrogen-bond donors (Lipinski definition) is 1. The predicted octanol–water partition coefficient (Wildman–Crippen LogP) is 1.12. The fraction of sp³-hybridized carbons (Fsp3) is 0.562. The third-order valence-electron chi connectivity index (χ3n) is 4.04. The van der Waals surface area contributed by atoms with Gasteiger partial charge in [0, 0.05) is 32.2 Å². The number of benzene rings is 1. The number of aliphatic hydroxyl groups is 1. The summed E-state index contributed by atoms with van der Waals surface area (Å²) in [6.07, 6.45) is 0.901. The van der Waals surface area contributed by atoms with Crippen molar-refractivity contribution in [2.75, 3.05) is 39.4 Å². The molecule has 1 fully saturated rings. The van der Waals surface area contributed by atoms with Crippen molar-refractivity contribution in [1.29, 1.82) is 0 Å². The van der Waals surface area contributed by atoms with E-state index >= 15 is 0 Å². The van der Waals surface area contributed by atoms with Crippen molar-refractivity contribution in [3.63, 3.8) is 0 Å². The van der Waals surface area contributed by atoms with Crippen LogP contribution < -0.4 is 4.74 Å². The maximum Gasteiger partial charge on any atom is 0.260 e. The fourth-order valence-corrected chi connectivity index (χ4v) is 2.61. The molecular formula is C16H23FN2O3. The van der Waals surface area contributed by atoms with Gasteiger partial charge in [-0.2, -0.15) is 0 Å². The molecule has 0 aromatic heterocycles. The van der Waals surface area contributed by atoms with Gasteiger partial charge in [-0.1, -0.05) is 6.92 Å². The number of aliphatic hydroxyl groups excluding tert-OH is 1. The Morgan fingerprint density at radius 3 is 2.45 bits per heavy atom. The molecule has 1 aliphatic heterocycles. The minimum absolute atomic E-state index is 0.0389. The molecule has 122 valence electrons. The van der Waals surface area contributed by atoms with Crippen LogP contribution in [0.2, 0.25) is 0 Å². The quantitative estimate of drug-likeness (QED) is 0.855. The summed E-state index contributed by atoms with van der Waals surface area (Å²) in [5, 5.41) is 9.31. The Balaban J connectivity index is 1.76. The minimum atomic E-state index is -0.329. The lowest BCUT2D eigenvalue weighted by Gasteiger charge is -2.38. The predicted molar refractivity (Wildman–Crippen MR) is 81.2 cm³/mol. The van der Waals surface area contributed by atoms with Crippen molar-refractivity contribution >= 4 is 5.91 Å². The van der Waals surface area contributed by atoms with Crippen LogP contribution in [0.4, 0.5) is 4.39 Å². The Hall–Kier alpha value is -1.66. The third kappa shape index (κ3) is 4.42. The van der Waals surface area contributed by atoms with Crippen LogP contribution in [-0.4, -0.2) is 66.2 Å². The van der Waals surface area contributed by atoms with Crippen LogP contribution in [-0.2, 0) is 4.79 Å². The molecule has 1 heterocycles. The summed E-state index contributed by atoms with van der Waals surface area (Å²) in [5.41, 5.74) is 0. The standard InChI is InChI=1S/C16H23FN2O3/c1-2-14(11-20)18-7-9-19(10-8-18)16(21)12-22-15-5-3-13(17)4-6-15/h3-6,14,20H,2,7-12H2,1H3. The summed E-state index contributed by atoms with van der Waals surface area (Å²) in [5.74, 6) is 0.0879. The van der Waals surface area contributed by atoms with E-state index in [1.165, 1.54) is 24.3 Å². The topological polar surface area (TPSA) is 53.0 Å². The van der Waals surface area contributed by atoms with E-state index in [-0.39, 0.29) is 31.0 Å². The van der Waals surface area contributed by atoms with Gasteiger partial charge in [0.2, 0.25) is 0 Å². The highest BCUT2D eigenvalue weighted by atomic mass is 19.1. The third-order valence-corrected chi connectivity index (χ3v) is 4.04. The number of ether oxygens (including phenoxy) is 1. The summed E-state index contributed by atoms with van der Waals surface area (Å²) in [6, 6.07) is 5.80. The van der Waals surface area contributed by atoms with Crippen LogP contribution in [0.1, 0.15) is 13.3 Å². The second-order valence-electron chi connectivity index (χ2n) is 5.40. The van der Waals surface area contributed by atoms with Gasteiger partial charge in [0.25, 0.3) is 5.91 Å². The van der Waals surface area contributed by atoms with Gasteiger partial charge in [0.1, 0.15) is 11.6 Å². The molecule has 1 unspecified atom stereocenters. The normalized spacial score (nSPS) is 17.3. The molecule has 1 amide bonds. The largest absolute Gasteiger partial charge is 0.484 e. The molecule has 0 spiro atoms. The maximum atomic E-state index is 12.8. The molecule has 6 heteroatoms. The molecule has 1 aromatic carbocycles. The average Bonchev–Trinajstić information content (AvgIpc) is 2.56. The van der Waals surface area contributed by atoms with Crippen molar-refractivity contribution in [3.05, 3.63) is 30.1 Å². The number of amides is 1. The maximum absolute atomic E-state index is 12.8. The monoisotopic (exact) mass is 310 g/mol. The molecule has 5 nitrogen and oxygen atoms in total. The van der Waals surface area contributed by atoms with E-state index in [1.54, 1.807) is 4.90 Å². The van der Waals surface area contributed by atoms with Crippen LogP contribution >= 0.6 is 0 Å². The zero-order valence-corrected chi connectivity index (χ0v) is 12.9. The zero-order valence-electron chi connectivity index (χ0n) is 12.9. The Morgan fingerprint density at radius 1 is 1.27 bits per heavy atom. The molecule has 0 bridgehead atoms. The first kappa shape index (κ1) is 16.7. The van der Waals surface area contributed by atoms with Gasteiger partial charge >= 0.3 is 0 Å². The second-order valence-corrected chi connectivity index (χ2v) is 5.40. The van der Waals surface area contributed by atoms with Crippen molar-refractivity contribution in [1.82, 2.24) is 9.80 Å². The number of hydrogen-bond acceptors (Lipinski definition) is 4. The van der Waals surface area contributed by atoms with Crippen LogP contribution in [0.5, 0.6) is 5.75 Å². The highest BCUT2D eigenvalue weighted by Crippen LogP contribution is 2.12. The van der Waals surface area contributed by atoms with Gasteiger partial charge in [-0.15, -0.1) is 0 Å². The van der Waals surface area contributed by atoms with E-state index in [0.29, 0.717) is 18.8 Å². The Morgan fingerprint density at radius 2 is 1.91 bits per heavy atom. The molecule has 1 N–H and O–H groups in total. The first-order chi connectivity index (χ1) is 10.6. The Kier molecular flexibility index (Phi) is 6.15. The highest BCUT2D eigenvalue weighted by molar-refractivity contribution is 5.77. The number of carbonyl (C=O) groups excluding carboxylic acids is 1. The van der Waals surface area contributed by atoms with Crippen LogP contribution in [0.3, 0.4) is 0 Å². The minimum Gasteiger partial charge on any atom is -0.484 e. The Labute approximate surface area is 130 Å². The van der Waals surface area contributed by atoms with Crippen LogP contribution in [0, 0.1) is 5.82 Å². The van der Waals surface area contributed by atoms with Crippen molar-refractivity contribution in [2.45, 2.75) is 19.4 Å². The summed E-state index contributed by atoms with van der Waals surface area (Å²) in [4.78, 5) is 16.1. The van der Waals surface area contributed by atoms with Crippen molar-refractivity contribution in [2.24, 2.45) is 0 Å². The summed E-state index contributed by atoms with van der Waals surface area (Å²) in [6.45, 7) is 4.98. The average molecular weight is 310 g/mol. The lowest BCUT2D eigenvalue weighted by Crippen LogP contribution is -2.53. The van der Waals surface area contributed by atoms with Gasteiger partial charge in [0.05, 0.1) is 6.61 Å². The number of nitrogens with zero attached hydrogens (tertiary/aromatic N) is 2. The summed E-state index contributed by atoms with van der Waals surface area (Å²) < 4.78 is 18.2. The van der Waals surface area contributed by atoms with Gasteiger partial charge in [-0.25, -0.2) is 4.39 Å². The van der Waals surface area contributed by atoms with E-state index in [0.717, 1.165) is 19.5 Å². The van der Waals surface area contributed by atoms with E-state index in [2.05, 4.69) is 11.8 Å². The summed E-state index contributed by atoms with van der Waals surface area (Å²) in [7, 11) is 0. The SMILES string of the molecule is CCC(CO)N1CCN(C(=O)COc2ccc(F)cc2)CC1. The highest BCUT2D eigenvalue weighted by Gasteiger charge is 2.24. The molecule has 0 saturated carbocycles. The first-order valence-corrected chi connectivity index (χ1v) is 7.65. The zero-order chi connectivity index (χ0) is 15.9. The van der Waals surface area contributed by atoms with E-state index in [4.69, 9.17) is 4.74 Å². The molecule has 1 saturated heterocycles. The van der Waals surface area contributed by atoms with E-state index < -0.39 is 0 Å². The molecule has 2 rings (SSSR count). The van der Waals surface area contributed by atoms with E-state index in [1.807, 2.05) is 0 Å². The molecular weight excluding hydrogens is 287 g/mol. The van der Waals surface area contributed by atoms with Crippen molar-refractivity contribution < 1.29 is 19.0 Å². The number of piperazine rings is 1. The smallest absolute Gasteiger partial charge is 0.260 e. The fourth-order valence-electron chi connectivity index (χ4n) is 2.61. The van der Waals surface area contributed by atoms with Gasteiger partial charge < -0.3 is 14.7 Å². The first-order valence-electron chi connectivity index (χ1n) is 7.65. The van der Waals surface area contributed by atoms with Gasteiger partial charge in [-0.3, -0.25) is 9.69 Å². The Bertz CT molecular complexity index is 469. The second kappa shape index (κ2) is 8.10. The number of halogens is 1. The van der Waals surface area contributed by atoms with Gasteiger partial charge in [-0.05, 0) is 30.7 Å². The number of carbonyl (C=O) groups is 1. The summed E-state index contributed by atoms with van der Waals surface area (Å²) >= 11 is 0. The molecule has 0 radical (unpaired) electrons. The molecule has 1 aromatic rings. The molecule has 1 atom stereocenters.